The molecule has 1 heterocycles. The molecule has 3 atom stereocenters. The highest BCUT2D eigenvalue weighted by Gasteiger charge is 2.38. The monoisotopic (exact) mass is 504 g/mol. The van der Waals surface area contributed by atoms with Gasteiger partial charge in [-0.25, -0.2) is 12.8 Å². The quantitative estimate of drug-likeness (QED) is 0.585. The second-order valence-electron chi connectivity index (χ2n) is 8.96. The van der Waals surface area contributed by atoms with Gasteiger partial charge < -0.3 is 14.6 Å². The van der Waals surface area contributed by atoms with Crippen molar-refractivity contribution in [3.8, 4) is 17.6 Å². The fraction of sp³-hybridized carbons (Fsp3) is 0.462. The Morgan fingerprint density at radius 3 is 2.66 bits per heavy atom. The summed E-state index contributed by atoms with van der Waals surface area (Å²) in [5.74, 6) is 5.61. The average Bonchev–Trinajstić information content (AvgIpc) is 2.82. The SMILES string of the molecule is COCC#Cc1ccc2c(c1)O[C@H](CN(C)Cc1ccc(F)cc1)[C@@H](C)CN([C@H](C)CO)S2(=O)=O. The summed E-state index contributed by atoms with van der Waals surface area (Å²) >= 11 is 0. The molecule has 0 saturated carbocycles. The normalized spacial score (nSPS) is 20.7. The fourth-order valence-corrected chi connectivity index (χ4v) is 5.83. The number of likely N-dealkylation sites (N-methyl/N-ethyl adjacent to an activating group) is 1. The standard InChI is InChI=1S/C26H33FN2O5S/c1-19-15-29(20(2)18-30)35(31,32)26-12-9-21(6-5-13-33-4)14-24(26)34-25(19)17-28(3)16-22-7-10-23(27)11-8-22/h7-12,14,19-20,25,30H,13,15-18H2,1-4H3/t19-,20+,25+/m0/s1. The van der Waals surface area contributed by atoms with Gasteiger partial charge in [0.2, 0.25) is 10.0 Å². The number of aliphatic hydroxyl groups excluding tert-OH is 1. The average molecular weight is 505 g/mol. The van der Waals surface area contributed by atoms with Crippen LogP contribution in [0.4, 0.5) is 4.39 Å². The van der Waals surface area contributed by atoms with E-state index in [-0.39, 0.29) is 48.2 Å². The Kier molecular flexibility index (Phi) is 9.27. The zero-order valence-electron chi connectivity index (χ0n) is 20.6. The molecule has 1 aliphatic heterocycles. The molecule has 0 amide bonds. The summed E-state index contributed by atoms with van der Waals surface area (Å²) in [5.41, 5.74) is 1.58. The first-order chi connectivity index (χ1) is 16.6. The van der Waals surface area contributed by atoms with Crippen molar-refractivity contribution in [1.29, 1.82) is 0 Å². The number of sulfonamides is 1. The van der Waals surface area contributed by atoms with Gasteiger partial charge in [0.25, 0.3) is 0 Å². The molecule has 0 aliphatic carbocycles. The first-order valence-corrected chi connectivity index (χ1v) is 12.9. The predicted octanol–water partition coefficient (Wildman–Crippen LogP) is 2.72. The molecule has 0 spiro atoms. The molecule has 0 saturated heterocycles. The second kappa shape index (κ2) is 12.0. The number of nitrogens with zero attached hydrogens (tertiary/aromatic N) is 2. The van der Waals surface area contributed by atoms with E-state index in [1.165, 1.54) is 22.5 Å². The van der Waals surface area contributed by atoms with Gasteiger partial charge in [0.05, 0.1) is 6.61 Å². The number of benzene rings is 2. The molecule has 9 heteroatoms. The Morgan fingerprint density at radius 1 is 1.29 bits per heavy atom. The van der Waals surface area contributed by atoms with Crippen molar-refractivity contribution in [2.24, 2.45) is 5.92 Å². The van der Waals surface area contributed by atoms with Crippen LogP contribution >= 0.6 is 0 Å². The Morgan fingerprint density at radius 2 is 2.00 bits per heavy atom. The smallest absolute Gasteiger partial charge is 0.247 e. The Balaban J connectivity index is 1.95. The third kappa shape index (κ3) is 6.81. The maximum Gasteiger partial charge on any atom is 0.247 e. The van der Waals surface area contributed by atoms with E-state index in [9.17, 15) is 17.9 Å². The summed E-state index contributed by atoms with van der Waals surface area (Å²) in [5, 5.41) is 9.77. The van der Waals surface area contributed by atoms with Crippen LogP contribution in [0.5, 0.6) is 5.75 Å². The molecule has 7 nitrogen and oxygen atoms in total. The van der Waals surface area contributed by atoms with Crippen molar-refractivity contribution in [1.82, 2.24) is 9.21 Å². The molecule has 0 unspecified atom stereocenters. The Labute approximate surface area is 207 Å². The molecule has 0 radical (unpaired) electrons. The van der Waals surface area contributed by atoms with E-state index in [1.54, 1.807) is 38.3 Å². The lowest BCUT2D eigenvalue weighted by molar-refractivity contribution is 0.0733. The van der Waals surface area contributed by atoms with Crippen molar-refractivity contribution in [3.63, 3.8) is 0 Å². The Hall–Kier alpha value is -2.48. The van der Waals surface area contributed by atoms with Gasteiger partial charge >= 0.3 is 0 Å². The van der Waals surface area contributed by atoms with Crippen LogP contribution in [0.1, 0.15) is 25.0 Å². The van der Waals surface area contributed by atoms with Crippen molar-refractivity contribution in [2.45, 2.75) is 37.4 Å². The third-order valence-electron chi connectivity index (χ3n) is 5.97. The van der Waals surface area contributed by atoms with E-state index in [0.717, 1.165) is 5.56 Å². The van der Waals surface area contributed by atoms with Crippen LogP contribution in [0.15, 0.2) is 47.4 Å². The molecule has 3 rings (SSSR count). The van der Waals surface area contributed by atoms with E-state index in [1.807, 2.05) is 14.0 Å². The molecular formula is C26H33FN2O5S. The van der Waals surface area contributed by atoms with Crippen molar-refractivity contribution >= 4 is 10.0 Å². The van der Waals surface area contributed by atoms with E-state index in [4.69, 9.17) is 9.47 Å². The highest BCUT2D eigenvalue weighted by molar-refractivity contribution is 7.89. The number of ether oxygens (including phenoxy) is 2. The molecular weight excluding hydrogens is 471 g/mol. The molecule has 2 aromatic rings. The summed E-state index contributed by atoms with van der Waals surface area (Å²) in [6, 6.07) is 10.5. The number of aliphatic hydroxyl groups is 1. The van der Waals surface area contributed by atoms with Gasteiger partial charge in [-0.3, -0.25) is 4.90 Å². The van der Waals surface area contributed by atoms with Crippen LogP contribution in [0.25, 0.3) is 0 Å². The molecule has 0 fully saturated rings. The lowest BCUT2D eigenvalue weighted by Crippen LogP contribution is -2.49. The second-order valence-corrected chi connectivity index (χ2v) is 10.8. The first kappa shape index (κ1) is 27.1. The summed E-state index contributed by atoms with van der Waals surface area (Å²) in [7, 11) is -0.414. The first-order valence-electron chi connectivity index (χ1n) is 11.5. The van der Waals surface area contributed by atoms with Crippen molar-refractivity contribution < 1.29 is 27.4 Å². The molecule has 1 N–H and O–H groups in total. The molecule has 0 bridgehead atoms. The number of fused-ring (bicyclic) bond motifs is 1. The van der Waals surface area contributed by atoms with Gasteiger partial charge in [0.15, 0.2) is 0 Å². The Bertz CT molecular complexity index is 1160. The van der Waals surface area contributed by atoms with E-state index < -0.39 is 16.1 Å². The maximum atomic E-state index is 13.5. The van der Waals surface area contributed by atoms with Gasteiger partial charge in [-0.1, -0.05) is 30.9 Å². The highest BCUT2D eigenvalue weighted by Crippen LogP contribution is 2.34. The van der Waals surface area contributed by atoms with Gasteiger partial charge in [-0.05, 0) is 49.9 Å². The van der Waals surface area contributed by atoms with Gasteiger partial charge in [-0.15, -0.1) is 0 Å². The topological polar surface area (TPSA) is 79.3 Å². The van der Waals surface area contributed by atoms with Crippen molar-refractivity contribution in [3.05, 3.63) is 59.4 Å². The molecule has 35 heavy (non-hydrogen) atoms. The molecule has 1 aliphatic rings. The van der Waals surface area contributed by atoms with E-state index in [0.29, 0.717) is 18.7 Å². The summed E-state index contributed by atoms with van der Waals surface area (Å²) < 4.78 is 53.0. The van der Waals surface area contributed by atoms with Crippen LogP contribution in [0, 0.1) is 23.6 Å². The number of halogens is 1. The van der Waals surface area contributed by atoms with Gasteiger partial charge in [-0.2, -0.15) is 4.31 Å². The number of rotatable bonds is 7. The zero-order chi connectivity index (χ0) is 25.6. The largest absolute Gasteiger partial charge is 0.487 e. The number of hydrogen-bond acceptors (Lipinski definition) is 6. The minimum atomic E-state index is -3.91. The van der Waals surface area contributed by atoms with Crippen LogP contribution < -0.4 is 4.74 Å². The van der Waals surface area contributed by atoms with Crippen molar-refractivity contribution in [2.75, 3.05) is 40.5 Å². The van der Waals surface area contributed by atoms with Gasteiger partial charge in [0.1, 0.15) is 29.2 Å². The zero-order valence-corrected chi connectivity index (χ0v) is 21.4. The predicted molar refractivity (Wildman–Crippen MR) is 132 cm³/mol. The number of hydrogen-bond donors (Lipinski definition) is 1. The van der Waals surface area contributed by atoms with Crippen LogP contribution in [0.2, 0.25) is 0 Å². The lowest BCUT2D eigenvalue weighted by Gasteiger charge is -2.37. The summed E-state index contributed by atoms with van der Waals surface area (Å²) in [6.07, 6.45) is -0.342. The fourth-order valence-electron chi connectivity index (χ4n) is 4.00. The van der Waals surface area contributed by atoms with Crippen LogP contribution in [0.3, 0.4) is 0 Å². The minimum Gasteiger partial charge on any atom is -0.487 e. The number of methoxy groups -OCH3 is 1. The molecule has 2 aromatic carbocycles. The van der Waals surface area contributed by atoms with E-state index >= 15 is 0 Å². The summed E-state index contributed by atoms with van der Waals surface area (Å²) in [4.78, 5) is 2.11. The summed E-state index contributed by atoms with van der Waals surface area (Å²) in [6.45, 7) is 4.89. The van der Waals surface area contributed by atoms with Crippen LogP contribution in [-0.2, 0) is 21.3 Å². The van der Waals surface area contributed by atoms with E-state index in [2.05, 4.69) is 16.7 Å². The molecule has 190 valence electrons. The highest BCUT2D eigenvalue weighted by atomic mass is 32.2. The van der Waals surface area contributed by atoms with Gasteiger partial charge in [0, 0.05) is 44.3 Å². The third-order valence-corrected chi connectivity index (χ3v) is 7.99. The minimum absolute atomic E-state index is 0.0492. The molecule has 0 aromatic heterocycles. The maximum absolute atomic E-state index is 13.5. The lowest BCUT2D eigenvalue weighted by atomic mass is 10.0. The van der Waals surface area contributed by atoms with Crippen LogP contribution in [-0.4, -0.2) is 75.3 Å².